The van der Waals surface area contributed by atoms with Crippen molar-refractivity contribution in [1.82, 2.24) is 4.90 Å². The number of benzene rings is 2. The number of nitrogens with two attached hydrogens (primary N) is 1. The van der Waals surface area contributed by atoms with Gasteiger partial charge in [-0.25, -0.2) is 0 Å². The maximum absolute atomic E-state index is 5.94. The molecule has 0 amide bonds. The van der Waals surface area contributed by atoms with Crippen LogP contribution in [-0.2, 0) is 6.61 Å². The average Bonchev–Trinajstić information content (AvgIpc) is 2.79. The van der Waals surface area contributed by atoms with Crippen LogP contribution >= 0.6 is 0 Å². The van der Waals surface area contributed by atoms with Crippen LogP contribution < -0.4 is 15.8 Å². The van der Waals surface area contributed by atoms with Crippen molar-refractivity contribution in [3.05, 3.63) is 59.7 Å². The molecule has 3 N–H and O–H groups in total. The van der Waals surface area contributed by atoms with Crippen LogP contribution in [0.4, 0.5) is 5.69 Å². The van der Waals surface area contributed by atoms with Crippen molar-refractivity contribution >= 4 is 11.6 Å². The largest absolute Gasteiger partial charge is 0.489 e. The Hall–Kier alpha value is -2.53. The number of anilines is 1. The third-order valence-electron chi connectivity index (χ3n) is 5.63. The Morgan fingerprint density at radius 1 is 1.13 bits per heavy atom. The van der Waals surface area contributed by atoms with Gasteiger partial charge in [0.1, 0.15) is 12.4 Å². The second kappa shape index (κ2) is 11.6. The topological polar surface area (TPSA) is 62.9 Å². The zero-order valence-corrected chi connectivity index (χ0v) is 18.4. The molecular weight excluding hydrogens is 372 g/mol. The number of aryl methyl sites for hydroxylation is 1. The van der Waals surface area contributed by atoms with E-state index in [1.165, 1.54) is 30.4 Å². The second-order valence-corrected chi connectivity index (χ2v) is 8.02. The number of ether oxygens (including phenoxy) is 1. The Morgan fingerprint density at radius 3 is 2.60 bits per heavy atom. The lowest BCUT2D eigenvalue weighted by molar-refractivity contribution is 0.234. The van der Waals surface area contributed by atoms with Gasteiger partial charge in [0, 0.05) is 24.8 Å². The van der Waals surface area contributed by atoms with Crippen LogP contribution in [0, 0.1) is 6.92 Å². The summed E-state index contributed by atoms with van der Waals surface area (Å²) in [6.07, 6.45) is 5.81. The molecule has 0 saturated carbocycles. The molecular formula is C25H36N4O. The summed E-state index contributed by atoms with van der Waals surface area (Å²) >= 11 is 0. The van der Waals surface area contributed by atoms with Crippen LogP contribution in [0.3, 0.4) is 0 Å². The summed E-state index contributed by atoms with van der Waals surface area (Å²) in [5.41, 5.74) is 9.14. The van der Waals surface area contributed by atoms with Gasteiger partial charge in [-0.05, 0) is 75.4 Å². The molecule has 1 unspecified atom stereocenters. The fraction of sp³-hybridized carbons (Fsp3) is 0.480. The molecule has 3 rings (SSSR count). The molecule has 30 heavy (non-hydrogen) atoms. The van der Waals surface area contributed by atoms with Gasteiger partial charge in [-0.2, -0.15) is 0 Å². The predicted octanol–water partition coefficient (Wildman–Crippen LogP) is 4.96. The molecule has 0 bridgehead atoms. The lowest BCUT2D eigenvalue weighted by Crippen LogP contribution is -2.46. The summed E-state index contributed by atoms with van der Waals surface area (Å²) in [5, 5.41) is 3.56. The van der Waals surface area contributed by atoms with Gasteiger partial charge in [-0.1, -0.05) is 36.8 Å². The normalized spacial score (nSPS) is 17.1. The quantitative estimate of drug-likeness (QED) is 0.368. The molecule has 1 aliphatic heterocycles. The van der Waals surface area contributed by atoms with E-state index in [2.05, 4.69) is 60.5 Å². The number of nitrogens with zero attached hydrogens (tertiary/aromatic N) is 2. The fourth-order valence-electron chi connectivity index (χ4n) is 3.80. The minimum Gasteiger partial charge on any atom is -0.489 e. The number of likely N-dealkylation sites (tertiary alicyclic amines) is 1. The first kappa shape index (κ1) is 22.2. The van der Waals surface area contributed by atoms with Gasteiger partial charge >= 0.3 is 0 Å². The van der Waals surface area contributed by atoms with Crippen molar-refractivity contribution in [2.75, 3.05) is 25.0 Å². The van der Waals surface area contributed by atoms with Crippen molar-refractivity contribution in [3.63, 3.8) is 0 Å². The van der Waals surface area contributed by atoms with Crippen molar-refractivity contribution in [3.8, 4) is 5.75 Å². The van der Waals surface area contributed by atoms with Gasteiger partial charge in [0.15, 0.2) is 5.96 Å². The molecule has 2 aromatic carbocycles. The number of aliphatic imine (C=N–C) groups is 1. The Balaban J connectivity index is 1.63. The Bertz CT molecular complexity index is 786. The van der Waals surface area contributed by atoms with E-state index in [4.69, 9.17) is 15.5 Å². The number of hydrogen-bond donors (Lipinski definition) is 2. The fourth-order valence-corrected chi connectivity index (χ4v) is 3.80. The number of nitrogens with one attached hydrogen (secondary N) is 1. The Labute approximate surface area is 181 Å². The van der Waals surface area contributed by atoms with Crippen LogP contribution in [0.15, 0.2) is 53.5 Å². The van der Waals surface area contributed by atoms with E-state index in [1.54, 1.807) is 0 Å². The molecule has 5 heteroatoms. The van der Waals surface area contributed by atoms with Crippen molar-refractivity contribution in [1.29, 1.82) is 0 Å². The molecule has 2 aromatic rings. The molecule has 1 atom stereocenters. The number of guanidine groups is 1. The highest BCUT2D eigenvalue weighted by Crippen LogP contribution is 2.22. The maximum Gasteiger partial charge on any atom is 0.198 e. The van der Waals surface area contributed by atoms with E-state index < -0.39 is 0 Å². The number of piperidine rings is 1. The molecule has 5 nitrogen and oxygen atoms in total. The smallest absolute Gasteiger partial charge is 0.198 e. The third kappa shape index (κ3) is 6.49. The minimum atomic E-state index is 0.556. The van der Waals surface area contributed by atoms with Gasteiger partial charge in [-0.15, -0.1) is 0 Å². The third-order valence-corrected chi connectivity index (χ3v) is 5.63. The van der Waals surface area contributed by atoms with Crippen LogP contribution in [-0.4, -0.2) is 36.5 Å². The first-order chi connectivity index (χ1) is 14.7. The lowest BCUT2D eigenvalue weighted by Gasteiger charge is -2.37. The van der Waals surface area contributed by atoms with Crippen molar-refractivity contribution in [2.24, 2.45) is 10.7 Å². The van der Waals surface area contributed by atoms with E-state index in [1.807, 2.05) is 12.1 Å². The Morgan fingerprint density at radius 2 is 1.90 bits per heavy atom. The molecule has 1 fully saturated rings. The van der Waals surface area contributed by atoms with E-state index in [-0.39, 0.29) is 0 Å². The first-order valence-electron chi connectivity index (χ1n) is 11.3. The van der Waals surface area contributed by atoms with E-state index >= 15 is 0 Å². The molecule has 0 aliphatic carbocycles. The average molecular weight is 409 g/mol. The molecule has 162 valence electrons. The van der Waals surface area contributed by atoms with Gasteiger partial charge in [-0.3, -0.25) is 4.99 Å². The predicted molar refractivity (Wildman–Crippen MR) is 126 cm³/mol. The second-order valence-electron chi connectivity index (χ2n) is 8.02. The molecule has 0 aromatic heterocycles. The molecule has 1 aliphatic rings. The SMILES string of the molecule is CCC1CCCCN1C(=NCCCN)Nc1ccc(OCc2ccc(C)cc2)cc1. The summed E-state index contributed by atoms with van der Waals surface area (Å²) in [6, 6.07) is 17.2. The highest BCUT2D eigenvalue weighted by atomic mass is 16.5. The lowest BCUT2D eigenvalue weighted by atomic mass is 10.0. The summed E-state index contributed by atoms with van der Waals surface area (Å²) in [5.74, 6) is 1.84. The number of rotatable bonds is 8. The standard InChI is InChI=1S/C25H36N4O/c1-3-23-7-4-5-18-29(23)25(27-17-6-16-26)28-22-12-14-24(15-13-22)30-19-21-10-8-20(2)9-11-21/h8-15,23H,3-7,16-19,26H2,1-2H3,(H,27,28). The Kier molecular flexibility index (Phi) is 8.57. The van der Waals surface area contributed by atoms with Gasteiger partial charge in [0.2, 0.25) is 0 Å². The van der Waals surface area contributed by atoms with Crippen LogP contribution in [0.25, 0.3) is 0 Å². The van der Waals surface area contributed by atoms with E-state index in [0.29, 0.717) is 19.2 Å². The van der Waals surface area contributed by atoms with E-state index in [9.17, 15) is 0 Å². The first-order valence-corrected chi connectivity index (χ1v) is 11.3. The maximum atomic E-state index is 5.94. The molecule has 0 spiro atoms. The van der Waals surface area contributed by atoms with E-state index in [0.717, 1.165) is 43.3 Å². The zero-order valence-electron chi connectivity index (χ0n) is 18.4. The summed E-state index contributed by atoms with van der Waals surface area (Å²) in [6.45, 7) is 7.41. The van der Waals surface area contributed by atoms with Crippen molar-refractivity contribution < 1.29 is 4.74 Å². The highest BCUT2D eigenvalue weighted by Gasteiger charge is 2.24. The molecule has 1 heterocycles. The summed E-state index contributed by atoms with van der Waals surface area (Å²) in [4.78, 5) is 7.30. The zero-order chi connectivity index (χ0) is 21.2. The monoisotopic (exact) mass is 408 g/mol. The van der Waals surface area contributed by atoms with Crippen LogP contribution in [0.5, 0.6) is 5.75 Å². The summed E-state index contributed by atoms with van der Waals surface area (Å²) in [7, 11) is 0. The minimum absolute atomic E-state index is 0.556. The number of hydrogen-bond acceptors (Lipinski definition) is 3. The van der Waals surface area contributed by atoms with Crippen molar-refractivity contribution in [2.45, 2.75) is 58.6 Å². The highest BCUT2D eigenvalue weighted by molar-refractivity contribution is 5.94. The summed E-state index contributed by atoms with van der Waals surface area (Å²) < 4.78 is 5.94. The molecule has 0 radical (unpaired) electrons. The van der Waals surface area contributed by atoms with Gasteiger partial charge in [0.25, 0.3) is 0 Å². The van der Waals surface area contributed by atoms with Crippen LogP contribution in [0.1, 0.15) is 50.2 Å². The van der Waals surface area contributed by atoms with Gasteiger partial charge < -0.3 is 20.7 Å². The molecule has 1 saturated heterocycles. The van der Waals surface area contributed by atoms with Gasteiger partial charge in [0.05, 0.1) is 0 Å². The van der Waals surface area contributed by atoms with Crippen LogP contribution in [0.2, 0.25) is 0 Å².